The van der Waals surface area contributed by atoms with Gasteiger partial charge in [0.15, 0.2) is 5.13 Å². The molecule has 0 spiro atoms. The Balaban J connectivity index is 1.76. The Morgan fingerprint density at radius 1 is 1.33 bits per heavy atom. The van der Waals surface area contributed by atoms with E-state index in [0.717, 1.165) is 6.54 Å². The standard InChI is InChI=1S/C11H19N3S/c12-11-14-8-10(15-11)7-13-9-5-3-1-2-4-6-9/h8-9,13H,1-7H2,(H2,12,14). The molecule has 84 valence electrons. The Labute approximate surface area is 95.1 Å². The number of rotatable bonds is 3. The summed E-state index contributed by atoms with van der Waals surface area (Å²) in [6, 6.07) is 0.704. The summed E-state index contributed by atoms with van der Waals surface area (Å²) in [7, 11) is 0. The van der Waals surface area contributed by atoms with E-state index >= 15 is 0 Å². The molecule has 1 aliphatic rings. The van der Waals surface area contributed by atoms with Gasteiger partial charge in [0.25, 0.3) is 0 Å². The maximum Gasteiger partial charge on any atom is 0.180 e. The molecule has 0 radical (unpaired) electrons. The summed E-state index contributed by atoms with van der Waals surface area (Å²) in [5.41, 5.74) is 5.59. The molecular formula is C11H19N3S. The molecule has 3 N–H and O–H groups in total. The van der Waals surface area contributed by atoms with Crippen LogP contribution in [0.2, 0.25) is 0 Å². The number of nitrogens with one attached hydrogen (secondary N) is 1. The number of nitrogen functional groups attached to an aromatic ring is 1. The van der Waals surface area contributed by atoms with E-state index in [9.17, 15) is 0 Å². The summed E-state index contributed by atoms with van der Waals surface area (Å²) in [6.45, 7) is 0.930. The van der Waals surface area contributed by atoms with Crippen molar-refractivity contribution in [3.05, 3.63) is 11.1 Å². The van der Waals surface area contributed by atoms with Gasteiger partial charge in [0.1, 0.15) is 0 Å². The minimum absolute atomic E-state index is 0.674. The van der Waals surface area contributed by atoms with E-state index in [1.165, 1.54) is 43.4 Å². The van der Waals surface area contributed by atoms with Gasteiger partial charge in [0, 0.05) is 23.7 Å². The Hall–Kier alpha value is -0.610. The zero-order valence-electron chi connectivity index (χ0n) is 9.04. The van der Waals surface area contributed by atoms with Crippen molar-refractivity contribution in [2.75, 3.05) is 5.73 Å². The number of anilines is 1. The van der Waals surface area contributed by atoms with Crippen molar-refractivity contribution in [1.29, 1.82) is 0 Å². The van der Waals surface area contributed by atoms with Crippen molar-refractivity contribution in [1.82, 2.24) is 10.3 Å². The van der Waals surface area contributed by atoms with E-state index in [0.29, 0.717) is 11.2 Å². The Bertz CT molecular complexity index is 290. The van der Waals surface area contributed by atoms with Gasteiger partial charge in [-0.15, -0.1) is 11.3 Å². The molecule has 0 atom stereocenters. The number of hydrogen-bond donors (Lipinski definition) is 2. The molecule has 1 heterocycles. The lowest BCUT2D eigenvalue weighted by Crippen LogP contribution is -2.27. The van der Waals surface area contributed by atoms with Crippen molar-refractivity contribution < 1.29 is 0 Å². The molecule has 1 aliphatic carbocycles. The lowest BCUT2D eigenvalue weighted by atomic mass is 10.1. The van der Waals surface area contributed by atoms with Gasteiger partial charge in [-0.25, -0.2) is 4.98 Å². The summed E-state index contributed by atoms with van der Waals surface area (Å²) in [4.78, 5) is 5.30. The Morgan fingerprint density at radius 2 is 2.07 bits per heavy atom. The third kappa shape index (κ3) is 3.47. The first kappa shape index (κ1) is 10.9. The van der Waals surface area contributed by atoms with Gasteiger partial charge in [-0.2, -0.15) is 0 Å². The average molecular weight is 225 g/mol. The quantitative estimate of drug-likeness (QED) is 0.777. The molecule has 1 aromatic rings. The topological polar surface area (TPSA) is 50.9 Å². The fourth-order valence-electron chi connectivity index (χ4n) is 2.13. The van der Waals surface area contributed by atoms with E-state index in [2.05, 4.69) is 10.3 Å². The molecular weight excluding hydrogens is 206 g/mol. The molecule has 1 saturated carbocycles. The Morgan fingerprint density at radius 3 is 2.67 bits per heavy atom. The van der Waals surface area contributed by atoms with Gasteiger partial charge in [0.05, 0.1) is 0 Å². The minimum Gasteiger partial charge on any atom is -0.375 e. The second kappa shape index (κ2) is 5.47. The van der Waals surface area contributed by atoms with E-state index in [4.69, 9.17) is 5.73 Å². The molecule has 0 aromatic carbocycles. The number of thiazole rings is 1. The van der Waals surface area contributed by atoms with Crippen LogP contribution < -0.4 is 11.1 Å². The van der Waals surface area contributed by atoms with E-state index in [-0.39, 0.29) is 0 Å². The highest BCUT2D eigenvalue weighted by molar-refractivity contribution is 7.15. The first-order valence-electron chi connectivity index (χ1n) is 5.78. The molecule has 0 amide bonds. The van der Waals surface area contributed by atoms with Crippen LogP contribution >= 0.6 is 11.3 Å². The van der Waals surface area contributed by atoms with E-state index in [1.54, 1.807) is 11.3 Å². The van der Waals surface area contributed by atoms with Gasteiger partial charge in [-0.1, -0.05) is 25.7 Å². The van der Waals surface area contributed by atoms with Gasteiger partial charge in [-0.05, 0) is 12.8 Å². The molecule has 1 aromatic heterocycles. The summed E-state index contributed by atoms with van der Waals surface area (Å²) >= 11 is 1.59. The fraction of sp³-hybridized carbons (Fsp3) is 0.727. The predicted molar refractivity (Wildman–Crippen MR) is 64.9 cm³/mol. The lowest BCUT2D eigenvalue weighted by molar-refractivity contribution is 0.461. The van der Waals surface area contributed by atoms with E-state index < -0.39 is 0 Å². The summed E-state index contributed by atoms with van der Waals surface area (Å²) in [6.07, 6.45) is 10.1. The number of nitrogens with two attached hydrogens (primary N) is 1. The molecule has 0 unspecified atom stereocenters. The SMILES string of the molecule is Nc1ncc(CNC2CCCCCC2)s1. The van der Waals surface area contributed by atoms with Crippen molar-refractivity contribution in [2.45, 2.75) is 51.1 Å². The smallest absolute Gasteiger partial charge is 0.180 e. The van der Waals surface area contributed by atoms with Crippen LogP contribution in [0.15, 0.2) is 6.20 Å². The summed E-state index contributed by atoms with van der Waals surface area (Å²) in [5.74, 6) is 0. The molecule has 0 saturated heterocycles. The molecule has 3 nitrogen and oxygen atoms in total. The highest BCUT2D eigenvalue weighted by atomic mass is 32.1. The van der Waals surface area contributed by atoms with Crippen molar-refractivity contribution in [2.24, 2.45) is 0 Å². The summed E-state index contributed by atoms with van der Waals surface area (Å²) in [5, 5.41) is 4.28. The van der Waals surface area contributed by atoms with Crippen LogP contribution in [0.5, 0.6) is 0 Å². The minimum atomic E-state index is 0.674. The van der Waals surface area contributed by atoms with Gasteiger partial charge >= 0.3 is 0 Å². The Kier molecular flexibility index (Phi) is 3.97. The summed E-state index contributed by atoms with van der Waals surface area (Å²) < 4.78 is 0. The van der Waals surface area contributed by atoms with Gasteiger partial charge in [-0.3, -0.25) is 0 Å². The maximum absolute atomic E-state index is 5.59. The van der Waals surface area contributed by atoms with Crippen LogP contribution in [0.25, 0.3) is 0 Å². The third-order valence-electron chi connectivity index (χ3n) is 2.99. The predicted octanol–water partition coefficient (Wildman–Crippen LogP) is 2.54. The lowest BCUT2D eigenvalue weighted by Gasteiger charge is -2.14. The fourth-order valence-corrected chi connectivity index (χ4v) is 2.77. The van der Waals surface area contributed by atoms with Crippen molar-refractivity contribution in [3.63, 3.8) is 0 Å². The van der Waals surface area contributed by atoms with Crippen LogP contribution in [0.1, 0.15) is 43.4 Å². The molecule has 1 fully saturated rings. The molecule has 0 aliphatic heterocycles. The van der Waals surface area contributed by atoms with Crippen molar-refractivity contribution in [3.8, 4) is 0 Å². The highest BCUT2D eigenvalue weighted by Gasteiger charge is 2.11. The van der Waals surface area contributed by atoms with Gasteiger partial charge < -0.3 is 11.1 Å². The highest BCUT2D eigenvalue weighted by Crippen LogP contribution is 2.19. The molecule has 4 heteroatoms. The van der Waals surface area contributed by atoms with Crippen LogP contribution in [0.4, 0.5) is 5.13 Å². The monoisotopic (exact) mass is 225 g/mol. The number of hydrogen-bond acceptors (Lipinski definition) is 4. The largest absolute Gasteiger partial charge is 0.375 e. The number of aromatic nitrogens is 1. The molecule has 2 rings (SSSR count). The van der Waals surface area contributed by atoms with Crippen LogP contribution in [-0.4, -0.2) is 11.0 Å². The number of nitrogens with zero attached hydrogens (tertiary/aromatic N) is 1. The van der Waals surface area contributed by atoms with Crippen LogP contribution in [-0.2, 0) is 6.54 Å². The first-order chi connectivity index (χ1) is 7.34. The normalized spacial score (nSPS) is 18.9. The van der Waals surface area contributed by atoms with Crippen molar-refractivity contribution >= 4 is 16.5 Å². The van der Waals surface area contributed by atoms with E-state index in [1.807, 2.05) is 6.20 Å². The second-order valence-electron chi connectivity index (χ2n) is 4.23. The van der Waals surface area contributed by atoms with Crippen LogP contribution in [0, 0.1) is 0 Å². The second-order valence-corrected chi connectivity index (χ2v) is 5.38. The zero-order chi connectivity index (χ0) is 10.5. The third-order valence-corrected chi connectivity index (χ3v) is 3.82. The average Bonchev–Trinajstić information content (AvgIpc) is 2.52. The first-order valence-corrected chi connectivity index (χ1v) is 6.60. The molecule has 15 heavy (non-hydrogen) atoms. The maximum atomic E-state index is 5.59. The van der Waals surface area contributed by atoms with Crippen LogP contribution in [0.3, 0.4) is 0 Å². The molecule has 0 bridgehead atoms. The van der Waals surface area contributed by atoms with Gasteiger partial charge in [0.2, 0.25) is 0 Å². The zero-order valence-corrected chi connectivity index (χ0v) is 9.85.